The fraction of sp³-hybridized carbons (Fsp3) is 0.344. The molecule has 5 heterocycles. The number of nitrogens with one attached hydrogen (secondary N) is 1. The monoisotopic (exact) mass is 538 g/mol. The van der Waals surface area contributed by atoms with Crippen molar-refractivity contribution in [2.24, 2.45) is 0 Å². The van der Waals surface area contributed by atoms with Gasteiger partial charge in [-0.25, -0.2) is 15.0 Å². The lowest BCUT2D eigenvalue weighted by molar-refractivity contribution is 0.352. The van der Waals surface area contributed by atoms with Crippen molar-refractivity contribution in [1.82, 2.24) is 29.4 Å². The second kappa shape index (κ2) is 10.9. The van der Waals surface area contributed by atoms with E-state index in [4.69, 9.17) is 15.0 Å². The third-order valence-electron chi connectivity index (χ3n) is 7.89. The Morgan fingerprint density at radius 3 is 2.67 bits per heavy atom. The molecule has 6 nitrogen and oxygen atoms in total. The Hall–Kier alpha value is -3.58. The van der Waals surface area contributed by atoms with E-state index in [9.17, 15) is 0 Å². The van der Waals surface area contributed by atoms with Gasteiger partial charge in [0.1, 0.15) is 5.65 Å². The average molecular weight is 539 g/mol. The number of nitrogens with zero attached hydrogens (tertiary/aromatic N) is 5. The van der Waals surface area contributed by atoms with Crippen molar-refractivity contribution in [3.8, 4) is 11.4 Å². The standard InChI is InChI=1S/C31H34N6.CH4S/c1-6-8-16-36-19-25(22-11-14-32-28(22)20(36)3)27-18-26(21-9-10-21)34-29(35-27)23-12-15-33-30-24(23)13-17-37(30)31(4,5)7-2;1-2/h6,11-15,17-19,21,32H,1,3,7-10,16H2,2,4-5H3;2H,1H3. The van der Waals surface area contributed by atoms with E-state index < -0.39 is 0 Å². The predicted molar refractivity (Wildman–Crippen MR) is 166 cm³/mol. The maximum atomic E-state index is 5.19. The lowest BCUT2D eigenvalue weighted by atomic mass is 9.97. The van der Waals surface area contributed by atoms with Gasteiger partial charge in [0.25, 0.3) is 0 Å². The van der Waals surface area contributed by atoms with Gasteiger partial charge in [-0.05, 0) is 70.1 Å². The normalized spacial score (nSPS) is 15.1. The lowest BCUT2D eigenvalue weighted by Gasteiger charge is -2.29. The Labute approximate surface area is 237 Å². The van der Waals surface area contributed by atoms with Gasteiger partial charge >= 0.3 is 0 Å². The number of thiol groups is 1. The fourth-order valence-electron chi connectivity index (χ4n) is 5.12. The first kappa shape index (κ1) is 27.0. The summed E-state index contributed by atoms with van der Waals surface area (Å²) in [6.45, 7) is 15.8. The third-order valence-corrected chi connectivity index (χ3v) is 7.89. The van der Waals surface area contributed by atoms with Crippen LogP contribution in [0.15, 0.2) is 68.3 Å². The first-order valence-electron chi connectivity index (χ1n) is 13.7. The average Bonchev–Trinajstić information content (AvgIpc) is 3.52. The van der Waals surface area contributed by atoms with Crippen LogP contribution in [-0.2, 0) is 5.54 Å². The van der Waals surface area contributed by atoms with Crippen LogP contribution in [0.3, 0.4) is 0 Å². The summed E-state index contributed by atoms with van der Waals surface area (Å²) in [5.74, 6) is 1.27. The summed E-state index contributed by atoms with van der Waals surface area (Å²) in [6, 6.07) is 8.52. The summed E-state index contributed by atoms with van der Waals surface area (Å²) in [7, 11) is 0. The number of aromatic nitrogens is 5. The van der Waals surface area contributed by atoms with Gasteiger partial charge in [-0.2, -0.15) is 12.6 Å². The molecule has 39 heavy (non-hydrogen) atoms. The van der Waals surface area contributed by atoms with E-state index in [1.54, 1.807) is 6.26 Å². The quantitative estimate of drug-likeness (QED) is 0.179. The molecule has 2 aliphatic rings. The Morgan fingerprint density at radius 2 is 1.95 bits per heavy atom. The Morgan fingerprint density at radius 1 is 1.15 bits per heavy atom. The first-order chi connectivity index (χ1) is 18.9. The number of fused-ring (bicyclic) bond motifs is 2. The molecule has 202 valence electrons. The molecular formula is C32H38N6S. The van der Waals surface area contributed by atoms with Gasteiger partial charge in [0.05, 0.1) is 17.1 Å². The number of aromatic amines is 1. The summed E-state index contributed by atoms with van der Waals surface area (Å²) in [6.07, 6.45) is 16.1. The predicted octanol–water partition coefficient (Wildman–Crippen LogP) is 7.64. The molecule has 0 aromatic carbocycles. The number of hydrogen-bond acceptors (Lipinski definition) is 5. The first-order valence-corrected chi connectivity index (χ1v) is 14.6. The third kappa shape index (κ3) is 4.96. The van der Waals surface area contributed by atoms with Crippen LogP contribution in [0.25, 0.3) is 33.7 Å². The summed E-state index contributed by atoms with van der Waals surface area (Å²) in [4.78, 5) is 20.6. The second-order valence-corrected chi connectivity index (χ2v) is 10.8. The molecule has 1 N–H and O–H groups in total. The number of H-pyrrole nitrogens is 1. The van der Waals surface area contributed by atoms with Gasteiger partial charge in [0.2, 0.25) is 0 Å². The largest absolute Gasteiger partial charge is 0.359 e. The van der Waals surface area contributed by atoms with Gasteiger partial charge in [0.15, 0.2) is 5.82 Å². The van der Waals surface area contributed by atoms with Crippen molar-refractivity contribution in [2.45, 2.75) is 57.9 Å². The molecule has 0 saturated heterocycles. The van der Waals surface area contributed by atoms with Gasteiger partial charge in [-0.1, -0.05) is 19.6 Å². The van der Waals surface area contributed by atoms with Gasteiger partial charge in [-0.15, -0.1) is 6.58 Å². The molecule has 1 fully saturated rings. The van der Waals surface area contributed by atoms with Crippen LogP contribution in [0, 0.1) is 0 Å². The summed E-state index contributed by atoms with van der Waals surface area (Å²) in [5.41, 5.74) is 8.28. The zero-order valence-corrected chi connectivity index (χ0v) is 24.3. The molecular weight excluding hydrogens is 500 g/mol. The van der Waals surface area contributed by atoms with Crippen LogP contribution in [0.2, 0.25) is 0 Å². The topological polar surface area (TPSA) is 62.6 Å². The van der Waals surface area contributed by atoms with Crippen molar-refractivity contribution in [2.75, 3.05) is 12.8 Å². The minimum absolute atomic E-state index is 0.0237. The highest BCUT2D eigenvalue weighted by molar-refractivity contribution is 7.79. The maximum Gasteiger partial charge on any atom is 0.160 e. The van der Waals surface area contributed by atoms with Crippen molar-refractivity contribution in [1.29, 1.82) is 0 Å². The highest BCUT2D eigenvalue weighted by atomic mass is 32.1. The van der Waals surface area contributed by atoms with E-state index in [0.29, 0.717) is 5.92 Å². The van der Waals surface area contributed by atoms with Crippen molar-refractivity contribution >= 4 is 34.9 Å². The van der Waals surface area contributed by atoms with E-state index in [-0.39, 0.29) is 5.54 Å². The SMILES string of the molecule is C=CCCN1C=C(c2cc(C3CC3)nc(-c3ccnc4c3ccn4C(C)(C)CC)n2)c2cc[nH]c2C1=C.CS. The molecule has 4 aromatic heterocycles. The van der Waals surface area contributed by atoms with Gasteiger partial charge in [-0.3, -0.25) is 0 Å². The zero-order valence-electron chi connectivity index (χ0n) is 23.4. The number of pyridine rings is 1. The molecule has 0 spiro atoms. The zero-order chi connectivity index (χ0) is 27.7. The van der Waals surface area contributed by atoms with E-state index >= 15 is 0 Å². The molecule has 7 heteroatoms. The van der Waals surface area contributed by atoms with Crippen LogP contribution >= 0.6 is 12.6 Å². The second-order valence-electron chi connectivity index (χ2n) is 10.8. The van der Waals surface area contributed by atoms with Crippen molar-refractivity contribution in [3.63, 3.8) is 0 Å². The van der Waals surface area contributed by atoms with Crippen molar-refractivity contribution < 1.29 is 0 Å². The molecule has 0 atom stereocenters. The number of rotatable bonds is 8. The molecule has 1 saturated carbocycles. The lowest BCUT2D eigenvalue weighted by Crippen LogP contribution is -2.24. The maximum absolute atomic E-state index is 5.19. The Bertz CT molecular complexity index is 1550. The van der Waals surface area contributed by atoms with Crippen LogP contribution in [-0.4, -0.2) is 42.2 Å². The molecule has 0 unspecified atom stereocenters. The molecule has 1 aliphatic heterocycles. The van der Waals surface area contributed by atoms with Crippen molar-refractivity contribution in [3.05, 3.63) is 90.9 Å². The number of hydrogen-bond donors (Lipinski definition) is 2. The van der Waals surface area contributed by atoms with Crippen LogP contribution in [0.5, 0.6) is 0 Å². The molecule has 0 bridgehead atoms. The van der Waals surface area contributed by atoms with Gasteiger partial charge < -0.3 is 14.5 Å². The van der Waals surface area contributed by atoms with Crippen LogP contribution < -0.4 is 0 Å². The fourth-order valence-corrected chi connectivity index (χ4v) is 5.12. The van der Waals surface area contributed by atoms with E-state index in [0.717, 1.165) is 75.7 Å². The van der Waals surface area contributed by atoms with Gasteiger partial charge in [0, 0.05) is 70.6 Å². The summed E-state index contributed by atoms with van der Waals surface area (Å²) >= 11 is 3.53. The Kier molecular flexibility index (Phi) is 7.54. The molecule has 6 rings (SSSR count). The van der Waals surface area contributed by atoms with E-state index in [1.807, 2.05) is 18.5 Å². The highest BCUT2D eigenvalue weighted by Crippen LogP contribution is 2.42. The van der Waals surface area contributed by atoms with Crippen LogP contribution in [0.4, 0.5) is 0 Å². The summed E-state index contributed by atoms with van der Waals surface area (Å²) < 4.78 is 2.27. The molecule has 4 aromatic rings. The summed E-state index contributed by atoms with van der Waals surface area (Å²) in [5, 5.41) is 1.09. The molecule has 1 aliphatic carbocycles. The van der Waals surface area contributed by atoms with E-state index in [1.165, 1.54) is 12.8 Å². The highest BCUT2D eigenvalue weighted by Gasteiger charge is 2.30. The van der Waals surface area contributed by atoms with Crippen LogP contribution in [0.1, 0.15) is 75.0 Å². The molecule has 0 radical (unpaired) electrons. The smallest absolute Gasteiger partial charge is 0.160 e. The molecule has 0 amide bonds. The Balaban J connectivity index is 0.00000151. The minimum atomic E-state index is -0.0237. The van der Waals surface area contributed by atoms with E-state index in [2.05, 4.69) is 97.7 Å². The minimum Gasteiger partial charge on any atom is -0.359 e.